The second-order valence-electron chi connectivity index (χ2n) is 4.78. The molecule has 0 radical (unpaired) electrons. The minimum atomic E-state index is 0.543. The third kappa shape index (κ3) is 2.25. The van der Waals surface area contributed by atoms with E-state index in [2.05, 4.69) is 47.6 Å². The summed E-state index contributed by atoms with van der Waals surface area (Å²) in [5.74, 6) is 0. The van der Waals surface area contributed by atoms with Gasteiger partial charge >= 0.3 is 0 Å². The molecule has 0 aliphatic carbocycles. The van der Waals surface area contributed by atoms with E-state index in [1.165, 1.54) is 16.3 Å². The molecule has 1 aromatic heterocycles. The topological polar surface area (TPSA) is 43.8 Å². The normalized spacial score (nSPS) is 11.1. The molecule has 0 saturated carbocycles. The Labute approximate surface area is 112 Å². The molecule has 3 aromatic rings. The lowest BCUT2D eigenvalue weighted by Crippen LogP contribution is -2.01. The van der Waals surface area contributed by atoms with Gasteiger partial charge in [-0.1, -0.05) is 42.5 Å². The average Bonchev–Trinajstić information content (AvgIpc) is 2.79. The molecule has 19 heavy (non-hydrogen) atoms. The minimum absolute atomic E-state index is 0.543. The number of aromatic nitrogens is 2. The molecule has 0 bridgehead atoms. The third-order valence-electron chi connectivity index (χ3n) is 3.48. The highest BCUT2D eigenvalue weighted by atomic mass is 15.3. The van der Waals surface area contributed by atoms with Gasteiger partial charge in [-0.3, -0.25) is 4.68 Å². The van der Waals surface area contributed by atoms with E-state index in [4.69, 9.17) is 5.73 Å². The van der Waals surface area contributed by atoms with Gasteiger partial charge < -0.3 is 5.73 Å². The van der Waals surface area contributed by atoms with Crippen molar-refractivity contribution in [2.24, 2.45) is 5.73 Å². The van der Waals surface area contributed by atoms with Crippen molar-refractivity contribution in [3.63, 3.8) is 0 Å². The molecule has 0 amide bonds. The van der Waals surface area contributed by atoms with Crippen LogP contribution in [0.4, 0.5) is 0 Å². The van der Waals surface area contributed by atoms with E-state index < -0.39 is 0 Å². The lowest BCUT2D eigenvalue weighted by molar-refractivity contribution is 0.682. The van der Waals surface area contributed by atoms with Gasteiger partial charge in [0.05, 0.1) is 12.2 Å². The molecular weight excluding hydrogens is 234 g/mol. The van der Waals surface area contributed by atoms with Gasteiger partial charge in [-0.05, 0) is 23.3 Å². The molecule has 3 heteroatoms. The summed E-state index contributed by atoms with van der Waals surface area (Å²) in [6, 6.07) is 14.8. The first-order valence-corrected chi connectivity index (χ1v) is 6.47. The first kappa shape index (κ1) is 11.9. The zero-order chi connectivity index (χ0) is 13.2. The van der Waals surface area contributed by atoms with Crippen LogP contribution in [0.1, 0.15) is 16.8 Å². The Bertz CT molecular complexity index is 708. The van der Waals surface area contributed by atoms with Crippen LogP contribution in [0.25, 0.3) is 10.8 Å². The first-order valence-electron chi connectivity index (χ1n) is 6.47. The van der Waals surface area contributed by atoms with Crippen LogP contribution in [-0.2, 0) is 13.1 Å². The highest BCUT2D eigenvalue weighted by molar-refractivity contribution is 5.85. The third-order valence-corrected chi connectivity index (χ3v) is 3.48. The highest BCUT2D eigenvalue weighted by Gasteiger charge is 2.05. The summed E-state index contributed by atoms with van der Waals surface area (Å²) in [6.45, 7) is 3.32. The lowest BCUT2D eigenvalue weighted by atomic mass is 10.0. The summed E-state index contributed by atoms with van der Waals surface area (Å²) in [7, 11) is 0. The number of hydrogen-bond acceptors (Lipinski definition) is 2. The summed E-state index contributed by atoms with van der Waals surface area (Å²) in [6.07, 6.45) is 2.04. The van der Waals surface area contributed by atoms with Crippen molar-refractivity contribution in [1.82, 2.24) is 9.78 Å². The highest BCUT2D eigenvalue weighted by Crippen LogP contribution is 2.19. The predicted octanol–water partition coefficient (Wildman–Crippen LogP) is 2.85. The maximum atomic E-state index is 5.69. The van der Waals surface area contributed by atoms with E-state index >= 15 is 0 Å². The molecule has 3 nitrogen and oxygen atoms in total. The second-order valence-corrected chi connectivity index (χ2v) is 4.78. The zero-order valence-electron chi connectivity index (χ0n) is 11.0. The summed E-state index contributed by atoms with van der Waals surface area (Å²) in [5, 5.41) is 7.07. The Morgan fingerprint density at radius 3 is 2.63 bits per heavy atom. The largest absolute Gasteiger partial charge is 0.326 e. The Kier molecular flexibility index (Phi) is 3.05. The van der Waals surface area contributed by atoms with E-state index in [1.54, 1.807) is 0 Å². The quantitative estimate of drug-likeness (QED) is 0.778. The standard InChI is InChI=1S/C16H17N3/c1-12-15(9-17)11-19(18-12)10-14-7-4-6-13-5-2-3-8-16(13)14/h2-8,11H,9-10,17H2,1H3. The van der Waals surface area contributed by atoms with E-state index in [9.17, 15) is 0 Å². The van der Waals surface area contributed by atoms with E-state index in [-0.39, 0.29) is 0 Å². The summed E-state index contributed by atoms with van der Waals surface area (Å²) in [5.41, 5.74) is 9.10. The minimum Gasteiger partial charge on any atom is -0.326 e. The molecule has 0 atom stereocenters. The van der Waals surface area contributed by atoms with Crippen molar-refractivity contribution in [2.45, 2.75) is 20.0 Å². The van der Waals surface area contributed by atoms with Crippen LogP contribution >= 0.6 is 0 Å². The van der Waals surface area contributed by atoms with Gasteiger partial charge in [0.1, 0.15) is 0 Å². The van der Waals surface area contributed by atoms with Crippen molar-refractivity contribution in [1.29, 1.82) is 0 Å². The fourth-order valence-corrected chi connectivity index (χ4v) is 2.45. The number of aryl methyl sites for hydroxylation is 1. The number of benzene rings is 2. The smallest absolute Gasteiger partial charge is 0.0665 e. The Hall–Kier alpha value is -2.13. The van der Waals surface area contributed by atoms with E-state index in [0.29, 0.717) is 6.54 Å². The summed E-state index contributed by atoms with van der Waals surface area (Å²) >= 11 is 0. The average molecular weight is 251 g/mol. The second kappa shape index (κ2) is 4.86. The molecule has 0 spiro atoms. The number of nitrogens with two attached hydrogens (primary N) is 1. The van der Waals surface area contributed by atoms with Crippen molar-refractivity contribution in [3.05, 3.63) is 65.5 Å². The SMILES string of the molecule is Cc1nn(Cc2cccc3ccccc23)cc1CN. The van der Waals surface area contributed by atoms with Crippen molar-refractivity contribution >= 4 is 10.8 Å². The van der Waals surface area contributed by atoms with Crippen LogP contribution in [0.3, 0.4) is 0 Å². The van der Waals surface area contributed by atoms with E-state index in [1.807, 2.05) is 17.8 Å². The fourth-order valence-electron chi connectivity index (χ4n) is 2.45. The molecule has 3 rings (SSSR count). The fraction of sp³-hybridized carbons (Fsp3) is 0.188. The van der Waals surface area contributed by atoms with Gasteiger partial charge in [0.2, 0.25) is 0 Å². The Balaban J connectivity index is 2.00. The van der Waals surface area contributed by atoms with Gasteiger partial charge in [0.25, 0.3) is 0 Å². The van der Waals surface area contributed by atoms with Crippen LogP contribution in [0.15, 0.2) is 48.7 Å². The molecular formula is C16H17N3. The van der Waals surface area contributed by atoms with Crippen LogP contribution in [0.2, 0.25) is 0 Å². The van der Waals surface area contributed by atoms with Crippen LogP contribution in [-0.4, -0.2) is 9.78 Å². The lowest BCUT2D eigenvalue weighted by Gasteiger charge is -2.06. The van der Waals surface area contributed by atoms with Crippen molar-refractivity contribution in [2.75, 3.05) is 0 Å². The molecule has 0 aliphatic heterocycles. The molecule has 1 heterocycles. The first-order chi connectivity index (χ1) is 9.28. The van der Waals surface area contributed by atoms with Gasteiger partial charge in [0, 0.05) is 18.3 Å². The number of fused-ring (bicyclic) bond motifs is 1. The number of nitrogens with zero attached hydrogens (tertiary/aromatic N) is 2. The van der Waals surface area contributed by atoms with Crippen molar-refractivity contribution in [3.8, 4) is 0 Å². The van der Waals surface area contributed by atoms with Gasteiger partial charge in [-0.15, -0.1) is 0 Å². The summed E-state index contributed by atoms with van der Waals surface area (Å²) in [4.78, 5) is 0. The van der Waals surface area contributed by atoms with E-state index in [0.717, 1.165) is 17.8 Å². The molecule has 2 aromatic carbocycles. The molecule has 0 fully saturated rings. The summed E-state index contributed by atoms with van der Waals surface area (Å²) < 4.78 is 1.97. The van der Waals surface area contributed by atoms with Gasteiger partial charge in [0.15, 0.2) is 0 Å². The van der Waals surface area contributed by atoms with Crippen molar-refractivity contribution < 1.29 is 0 Å². The van der Waals surface area contributed by atoms with Crippen LogP contribution in [0.5, 0.6) is 0 Å². The Morgan fingerprint density at radius 2 is 1.84 bits per heavy atom. The molecule has 96 valence electrons. The molecule has 2 N–H and O–H groups in total. The van der Waals surface area contributed by atoms with Gasteiger partial charge in [-0.25, -0.2) is 0 Å². The maximum Gasteiger partial charge on any atom is 0.0665 e. The number of hydrogen-bond donors (Lipinski definition) is 1. The molecule has 0 unspecified atom stereocenters. The Morgan fingerprint density at radius 1 is 1.05 bits per heavy atom. The monoisotopic (exact) mass is 251 g/mol. The predicted molar refractivity (Wildman–Crippen MR) is 77.9 cm³/mol. The van der Waals surface area contributed by atoms with Gasteiger partial charge in [-0.2, -0.15) is 5.10 Å². The zero-order valence-corrected chi connectivity index (χ0v) is 11.0. The molecule has 0 saturated heterocycles. The molecule has 0 aliphatic rings. The van der Waals surface area contributed by atoms with Crippen LogP contribution in [0, 0.1) is 6.92 Å². The number of rotatable bonds is 3. The van der Waals surface area contributed by atoms with Crippen LogP contribution < -0.4 is 5.73 Å². The maximum absolute atomic E-state index is 5.69.